The lowest BCUT2D eigenvalue weighted by Crippen LogP contribution is -2.53. The van der Waals surface area contributed by atoms with Gasteiger partial charge in [-0.2, -0.15) is 0 Å². The standard InChI is InChI=1S/C48H28BNO3/c1-5-15-40(50-41-16-6-2-11-33(41)34-12-3-7-17-42(34)50)32(10-1)31-22-25-45-39(27-31)49-48-37(14-9-19-46(48)52-45)38-26-29(21-24-44(38)53-49)30-20-23-36-35-13-4-8-18-43(35)51-47(36)28-30/h1-28H. The van der Waals surface area contributed by atoms with E-state index in [9.17, 15) is 0 Å². The van der Waals surface area contributed by atoms with Gasteiger partial charge in [-0.1, -0.05) is 109 Å². The maximum Gasteiger partial charge on any atom is 0.434 e. The van der Waals surface area contributed by atoms with Crippen molar-refractivity contribution >= 4 is 61.6 Å². The molecule has 2 aliphatic rings. The molecule has 0 saturated heterocycles. The summed E-state index contributed by atoms with van der Waals surface area (Å²) in [6, 6.07) is 60.0. The number of hydrogen-bond acceptors (Lipinski definition) is 3. The number of rotatable bonds is 3. The first-order valence-corrected chi connectivity index (χ1v) is 18.0. The van der Waals surface area contributed by atoms with Crippen LogP contribution in [-0.4, -0.2) is 11.5 Å². The van der Waals surface area contributed by atoms with Crippen LogP contribution in [0.3, 0.4) is 0 Å². The molecule has 10 aromatic rings. The smallest absolute Gasteiger partial charge is 0.434 e. The molecule has 0 amide bonds. The zero-order valence-electron chi connectivity index (χ0n) is 28.4. The predicted molar refractivity (Wildman–Crippen MR) is 217 cm³/mol. The minimum Gasteiger partial charge on any atom is -0.551 e. The summed E-state index contributed by atoms with van der Waals surface area (Å²) in [5.41, 5.74) is 14.0. The van der Waals surface area contributed by atoms with Crippen LogP contribution < -0.4 is 20.3 Å². The van der Waals surface area contributed by atoms with Gasteiger partial charge in [0.1, 0.15) is 28.4 Å². The fourth-order valence-corrected chi connectivity index (χ4v) is 8.70. The Morgan fingerprint density at radius 2 is 1.08 bits per heavy atom. The highest BCUT2D eigenvalue weighted by Gasteiger charge is 2.41. The summed E-state index contributed by atoms with van der Waals surface area (Å²) in [6.07, 6.45) is 0. The summed E-state index contributed by atoms with van der Waals surface area (Å²) in [5.74, 6) is 2.51. The van der Waals surface area contributed by atoms with E-state index in [1.54, 1.807) is 0 Å². The number of furan rings is 1. The van der Waals surface area contributed by atoms with Gasteiger partial charge in [-0.05, 0) is 82.9 Å². The number of fused-ring (bicyclic) bond motifs is 10. The Kier molecular flexibility index (Phi) is 5.83. The molecular formula is C48H28BNO3. The highest BCUT2D eigenvalue weighted by Crippen LogP contribution is 2.43. The fourth-order valence-electron chi connectivity index (χ4n) is 8.70. The molecule has 0 aliphatic carbocycles. The first-order chi connectivity index (χ1) is 26.3. The SMILES string of the molecule is c1ccc(-n2c3ccccc3c3ccccc32)c(-c2ccc3c(c2)B2Oc4ccc(-c5ccc6c(c5)oc5ccccc56)cc4-c4cccc(c42)O3)c1. The molecule has 0 atom stereocenters. The Labute approximate surface area is 305 Å². The maximum absolute atomic E-state index is 6.97. The number of para-hydroxylation sites is 4. The van der Waals surface area contributed by atoms with Gasteiger partial charge in [-0.3, -0.25) is 0 Å². The zero-order chi connectivity index (χ0) is 34.6. The van der Waals surface area contributed by atoms with Gasteiger partial charge in [0.2, 0.25) is 0 Å². The zero-order valence-corrected chi connectivity index (χ0v) is 28.4. The second-order valence-corrected chi connectivity index (χ2v) is 14.0. The second kappa shape index (κ2) is 10.8. The minimum absolute atomic E-state index is 0.310. The summed E-state index contributed by atoms with van der Waals surface area (Å²) >= 11 is 0. The van der Waals surface area contributed by atoms with Gasteiger partial charge in [-0.15, -0.1) is 0 Å². The highest BCUT2D eigenvalue weighted by molar-refractivity contribution is 6.84. The summed E-state index contributed by atoms with van der Waals surface area (Å²) in [6.45, 7) is -0.310. The molecule has 0 bridgehead atoms. The quantitative estimate of drug-likeness (QED) is 0.175. The largest absolute Gasteiger partial charge is 0.551 e. The number of aromatic nitrogens is 1. The van der Waals surface area contributed by atoms with E-state index in [4.69, 9.17) is 13.8 Å². The van der Waals surface area contributed by atoms with Crippen LogP contribution >= 0.6 is 0 Å². The molecule has 0 radical (unpaired) electrons. The van der Waals surface area contributed by atoms with E-state index in [0.29, 0.717) is 0 Å². The first kappa shape index (κ1) is 28.7. The van der Waals surface area contributed by atoms with Crippen LogP contribution in [0.15, 0.2) is 174 Å². The molecule has 2 aromatic heterocycles. The van der Waals surface area contributed by atoms with Gasteiger partial charge in [-0.25, -0.2) is 0 Å². The van der Waals surface area contributed by atoms with Crippen molar-refractivity contribution in [2.24, 2.45) is 0 Å². The van der Waals surface area contributed by atoms with Gasteiger partial charge < -0.3 is 18.4 Å². The van der Waals surface area contributed by atoms with Crippen molar-refractivity contribution < 1.29 is 13.8 Å². The molecule has 0 fully saturated rings. The summed E-state index contributed by atoms with van der Waals surface area (Å²) < 4.78 is 22.2. The molecule has 8 aromatic carbocycles. The molecule has 0 saturated carbocycles. The molecule has 246 valence electrons. The monoisotopic (exact) mass is 677 g/mol. The predicted octanol–water partition coefficient (Wildman–Crippen LogP) is 11.3. The third-order valence-electron chi connectivity index (χ3n) is 11.1. The van der Waals surface area contributed by atoms with Crippen LogP contribution in [0.25, 0.3) is 82.8 Å². The van der Waals surface area contributed by atoms with E-state index >= 15 is 0 Å². The lowest BCUT2D eigenvalue weighted by Gasteiger charge is -2.33. The summed E-state index contributed by atoms with van der Waals surface area (Å²) in [7, 11) is 0. The molecule has 12 rings (SSSR count). The van der Waals surface area contributed by atoms with Crippen molar-refractivity contribution in [3.63, 3.8) is 0 Å². The van der Waals surface area contributed by atoms with Crippen molar-refractivity contribution in [3.8, 4) is 56.3 Å². The third-order valence-corrected chi connectivity index (χ3v) is 11.1. The van der Waals surface area contributed by atoms with E-state index in [1.165, 1.54) is 21.8 Å². The molecule has 0 N–H and O–H groups in total. The average molecular weight is 678 g/mol. The number of hydrogen-bond donors (Lipinski definition) is 0. The second-order valence-electron chi connectivity index (χ2n) is 14.0. The van der Waals surface area contributed by atoms with Crippen LogP contribution in [0.2, 0.25) is 0 Å². The normalized spacial score (nSPS) is 12.8. The van der Waals surface area contributed by atoms with Crippen molar-refractivity contribution in [2.45, 2.75) is 0 Å². The molecule has 53 heavy (non-hydrogen) atoms. The van der Waals surface area contributed by atoms with E-state index in [0.717, 1.165) is 89.2 Å². The Morgan fingerprint density at radius 1 is 0.415 bits per heavy atom. The van der Waals surface area contributed by atoms with Crippen LogP contribution in [0.5, 0.6) is 17.2 Å². The Balaban J connectivity index is 0.971. The molecule has 2 aliphatic heterocycles. The van der Waals surface area contributed by atoms with Gasteiger partial charge in [0.15, 0.2) is 0 Å². The highest BCUT2D eigenvalue weighted by atomic mass is 16.5. The van der Waals surface area contributed by atoms with E-state index < -0.39 is 0 Å². The third kappa shape index (κ3) is 4.13. The molecule has 0 unspecified atom stereocenters. The molecule has 0 spiro atoms. The number of ether oxygens (including phenoxy) is 1. The number of benzene rings is 8. The van der Waals surface area contributed by atoms with Gasteiger partial charge in [0.25, 0.3) is 0 Å². The van der Waals surface area contributed by atoms with Gasteiger partial charge in [0.05, 0.1) is 16.7 Å². The van der Waals surface area contributed by atoms with Crippen molar-refractivity contribution in [3.05, 3.63) is 170 Å². The van der Waals surface area contributed by atoms with Crippen molar-refractivity contribution in [2.75, 3.05) is 0 Å². The van der Waals surface area contributed by atoms with Crippen LogP contribution in [-0.2, 0) is 0 Å². The van der Waals surface area contributed by atoms with E-state index in [-0.39, 0.29) is 6.92 Å². The first-order valence-electron chi connectivity index (χ1n) is 18.0. The fraction of sp³-hybridized carbons (Fsp3) is 0. The van der Waals surface area contributed by atoms with Crippen molar-refractivity contribution in [1.82, 2.24) is 4.57 Å². The van der Waals surface area contributed by atoms with E-state index in [1.807, 2.05) is 18.2 Å². The van der Waals surface area contributed by atoms with Crippen LogP contribution in [0.1, 0.15) is 0 Å². The Hall–Kier alpha value is -6.98. The lowest BCUT2D eigenvalue weighted by atomic mass is 9.50. The maximum atomic E-state index is 6.97. The summed E-state index contributed by atoms with van der Waals surface area (Å²) in [5, 5.41) is 4.74. The lowest BCUT2D eigenvalue weighted by molar-refractivity contribution is 0.479. The molecule has 4 heterocycles. The summed E-state index contributed by atoms with van der Waals surface area (Å²) in [4.78, 5) is 0. The minimum atomic E-state index is -0.310. The van der Waals surface area contributed by atoms with Gasteiger partial charge >= 0.3 is 6.92 Å². The molecular weight excluding hydrogens is 649 g/mol. The molecule has 4 nitrogen and oxygen atoms in total. The van der Waals surface area contributed by atoms with Crippen molar-refractivity contribution in [1.29, 1.82) is 0 Å². The molecule has 5 heteroatoms. The Bertz CT molecular complexity index is 3100. The van der Waals surface area contributed by atoms with E-state index in [2.05, 4.69) is 156 Å². The topological polar surface area (TPSA) is 36.5 Å². The number of nitrogens with zero attached hydrogens (tertiary/aromatic N) is 1. The van der Waals surface area contributed by atoms with Crippen LogP contribution in [0.4, 0.5) is 0 Å². The van der Waals surface area contributed by atoms with Crippen LogP contribution in [0, 0.1) is 0 Å². The Morgan fingerprint density at radius 3 is 1.94 bits per heavy atom. The average Bonchev–Trinajstić information content (AvgIpc) is 3.76. The van der Waals surface area contributed by atoms with Gasteiger partial charge in [0, 0.05) is 43.6 Å².